The number of hydrogen-bond acceptors (Lipinski definition) is 4. The Morgan fingerprint density at radius 1 is 1.17 bits per heavy atom. The van der Waals surface area contributed by atoms with Crippen LogP contribution in [0, 0.1) is 5.92 Å². The Hall–Kier alpha value is -2.04. The van der Waals surface area contributed by atoms with Gasteiger partial charge in [0.2, 0.25) is 0 Å². The minimum absolute atomic E-state index is 0.659. The van der Waals surface area contributed by atoms with Gasteiger partial charge in [-0.3, -0.25) is 0 Å². The maximum Gasteiger partial charge on any atom is 0.164 e. The number of nitrogen functional groups attached to an aromatic ring is 2. The highest BCUT2D eigenvalue weighted by Crippen LogP contribution is 2.27. The maximum absolute atomic E-state index is 5.83. The molecular weight excluding hydrogens is 226 g/mol. The fourth-order valence-electron chi connectivity index (χ4n) is 2.50. The zero-order valence-electron chi connectivity index (χ0n) is 10.4. The van der Waals surface area contributed by atoms with Crippen LogP contribution in [0.1, 0.15) is 19.2 Å². The highest BCUT2D eigenvalue weighted by molar-refractivity contribution is 5.68. The van der Waals surface area contributed by atoms with Gasteiger partial charge in [-0.25, -0.2) is 0 Å². The average Bonchev–Trinajstić information content (AvgIpc) is 2.70. The molecule has 0 amide bonds. The number of aromatic nitrogens is 3. The Morgan fingerprint density at radius 3 is 2.61 bits per heavy atom. The van der Waals surface area contributed by atoms with Crippen LogP contribution in [0.25, 0.3) is 11.4 Å². The molecule has 2 heterocycles. The lowest BCUT2D eigenvalue weighted by Crippen LogP contribution is -2.18. The molecule has 0 aliphatic carbocycles. The first-order chi connectivity index (χ1) is 8.63. The summed E-state index contributed by atoms with van der Waals surface area (Å²) >= 11 is 0. The Bertz CT molecular complexity index is 567. The molecule has 0 spiro atoms. The van der Waals surface area contributed by atoms with E-state index in [0.717, 1.165) is 36.6 Å². The molecule has 0 radical (unpaired) electrons. The van der Waals surface area contributed by atoms with E-state index in [0.29, 0.717) is 17.3 Å². The maximum atomic E-state index is 5.83. The predicted octanol–water partition coefficient (Wildman–Crippen LogP) is 1.69. The summed E-state index contributed by atoms with van der Waals surface area (Å²) in [6, 6.07) is 5.54. The smallest absolute Gasteiger partial charge is 0.164 e. The fourth-order valence-corrected chi connectivity index (χ4v) is 2.50. The molecule has 5 heteroatoms. The average molecular weight is 243 g/mol. The molecule has 0 bridgehead atoms. The van der Waals surface area contributed by atoms with Crippen LogP contribution < -0.4 is 11.5 Å². The zero-order chi connectivity index (χ0) is 12.7. The minimum Gasteiger partial charge on any atom is -0.399 e. The number of hydrogen-bond donors (Lipinski definition) is 2. The van der Waals surface area contributed by atoms with Crippen molar-refractivity contribution in [1.82, 2.24) is 14.8 Å². The molecule has 3 rings (SSSR count). The van der Waals surface area contributed by atoms with Gasteiger partial charge in [0.15, 0.2) is 5.82 Å². The predicted molar refractivity (Wildman–Crippen MR) is 71.8 cm³/mol. The van der Waals surface area contributed by atoms with Crippen molar-refractivity contribution in [1.29, 1.82) is 0 Å². The van der Waals surface area contributed by atoms with Crippen molar-refractivity contribution < 1.29 is 0 Å². The normalized spacial score (nSPS) is 18.6. The van der Waals surface area contributed by atoms with Gasteiger partial charge in [-0.05, 0) is 30.5 Å². The van der Waals surface area contributed by atoms with Gasteiger partial charge in [0, 0.05) is 29.9 Å². The second-order valence-corrected chi connectivity index (χ2v) is 5.08. The summed E-state index contributed by atoms with van der Waals surface area (Å²) in [5.41, 5.74) is 13.9. The summed E-state index contributed by atoms with van der Waals surface area (Å²) in [5, 5.41) is 8.56. The minimum atomic E-state index is 0.659. The summed E-state index contributed by atoms with van der Waals surface area (Å²) in [6.45, 7) is 3.21. The van der Waals surface area contributed by atoms with Crippen molar-refractivity contribution >= 4 is 11.4 Å². The standard InChI is InChI=1S/C13H17N5/c1-8-2-3-18-12(4-8)16-17-13(18)9-5-10(14)7-11(15)6-9/h5-8H,2-4,14-15H2,1H3. The van der Waals surface area contributed by atoms with E-state index in [1.165, 1.54) is 0 Å². The molecule has 0 saturated heterocycles. The molecule has 1 atom stereocenters. The van der Waals surface area contributed by atoms with Crippen molar-refractivity contribution in [3.63, 3.8) is 0 Å². The summed E-state index contributed by atoms with van der Waals surface area (Å²) in [4.78, 5) is 0. The third-order valence-corrected chi connectivity index (χ3v) is 3.44. The first kappa shape index (κ1) is 11.1. The SMILES string of the molecule is CC1CCn2c(nnc2-c2cc(N)cc(N)c2)C1. The van der Waals surface area contributed by atoms with Gasteiger partial charge >= 0.3 is 0 Å². The molecule has 4 N–H and O–H groups in total. The van der Waals surface area contributed by atoms with E-state index in [-0.39, 0.29) is 0 Å². The van der Waals surface area contributed by atoms with Gasteiger partial charge < -0.3 is 16.0 Å². The van der Waals surface area contributed by atoms with E-state index in [1.807, 2.05) is 12.1 Å². The van der Waals surface area contributed by atoms with Crippen molar-refractivity contribution in [2.45, 2.75) is 26.3 Å². The van der Waals surface area contributed by atoms with Crippen LogP contribution >= 0.6 is 0 Å². The van der Waals surface area contributed by atoms with Gasteiger partial charge in [0.05, 0.1) is 0 Å². The van der Waals surface area contributed by atoms with Crippen LogP contribution in [-0.4, -0.2) is 14.8 Å². The Balaban J connectivity index is 2.07. The first-order valence-corrected chi connectivity index (χ1v) is 6.22. The van der Waals surface area contributed by atoms with Crippen molar-refractivity contribution in [2.75, 3.05) is 11.5 Å². The van der Waals surface area contributed by atoms with Crippen LogP contribution in [0.4, 0.5) is 11.4 Å². The molecule has 1 aromatic carbocycles. The first-order valence-electron chi connectivity index (χ1n) is 6.22. The molecule has 1 unspecified atom stereocenters. The lowest BCUT2D eigenvalue weighted by atomic mass is 10.00. The van der Waals surface area contributed by atoms with E-state index in [9.17, 15) is 0 Å². The summed E-state index contributed by atoms with van der Waals surface area (Å²) in [6.07, 6.45) is 2.15. The third-order valence-electron chi connectivity index (χ3n) is 3.44. The van der Waals surface area contributed by atoms with Crippen LogP contribution in [-0.2, 0) is 13.0 Å². The molecule has 18 heavy (non-hydrogen) atoms. The quantitative estimate of drug-likeness (QED) is 0.747. The van der Waals surface area contributed by atoms with Crippen LogP contribution in [0.2, 0.25) is 0 Å². The van der Waals surface area contributed by atoms with E-state index in [4.69, 9.17) is 11.5 Å². The number of nitrogens with zero attached hydrogens (tertiary/aromatic N) is 3. The van der Waals surface area contributed by atoms with E-state index in [1.54, 1.807) is 6.07 Å². The lowest BCUT2D eigenvalue weighted by Gasteiger charge is -2.20. The van der Waals surface area contributed by atoms with Gasteiger partial charge in [0.25, 0.3) is 0 Å². The highest BCUT2D eigenvalue weighted by atomic mass is 15.3. The van der Waals surface area contributed by atoms with Crippen molar-refractivity contribution in [2.24, 2.45) is 5.92 Å². The van der Waals surface area contributed by atoms with Crippen LogP contribution in [0.3, 0.4) is 0 Å². The molecule has 94 valence electrons. The van der Waals surface area contributed by atoms with E-state index < -0.39 is 0 Å². The lowest BCUT2D eigenvalue weighted by molar-refractivity contribution is 0.411. The number of fused-ring (bicyclic) bond motifs is 1. The molecule has 0 fully saturated rings. The largest absolute Gasteiger partial charge is 0.399 e. The number of benzene rings is 1. The molecule has 1 aliphatic heterocycles. The molecule has 0 saturated carbocycles. The second-order valence-electron chi connectivity index (χ2n) is 5.08. The number of rotatable bonds is 1. The molecule has 1 aliphatic rings. The highest BCUT2D eigenvalue weighted by Gasteiger charge is 2.21. The van der Waals surface area contributed by atoms with Crippen molar-refractivity contribution in [3.05, 3.63) is 24.0 Å². The molecular formula is C13H17N5. The summed E-state index contributed by atoms with van der Waals surface area (Å²) in [7, 11) is 0. The second kappa shape index (κ2) is 4.01. The van der Waals surface area contributed by atoms with Gasteiger partial charge in [-0.2, -0.15) is 0 Å². The van der Waals surface area contributed by atoms with Gasteiger partial charge in [-0.1, -0.05) is 6.92 Å². The van der Waals surface area contributed by atoms with Crippen LogP contribution in [0.5, 0.6) is 0 Å². The summed E-state index contributed by atoms with van der Waals surface area (Å²) in [5.74, 6) is 2.61. The monoisotopic (exact) mass is 243 g/mol. The molecule has 2 aromatic rings. The Kier molecular flexibility index (Phi) is 2.47. The zero-order valence-corrected chi connectivity index (χ0v) is 10.4. The van der Waals surface area contributed by atoms with E-state index >= 15 is 0 Å². The van der Waals surface area contributed by atoms with Gasteiger partial charge in [0.1, 0.15) is 5.82 Å². The van der Waals surface area contributed by atoms with Crippen molar-refractivity contribution in [3.8, 4) is 11.4 Å². The molecule has 1 aromatic heterocycles. The number of nitrogens with two attached hydrogens (primary N) is 2. The molecule has 5 nitrogen and oxygen atoms in total. The Labute approximate surface area is 106 Å². The Morgan fingerprint density at radius 2 is 1.89 bits per heavy atom. The topological polar surface area (TPSA) is 82.8 Å². The summed E-state index contributed by atoms with van der Waals surface area (Å²) < 4.78 is 2.17. The third kappa shape index (κ3) is 1.81. The van der Waals surface area contributed by atoms with Gasteiger partial charge in [-0.15, -0.1) is 10.2 Å². The number of anilines is 2. The van der Waals surface area contributed by atoms with Crippen LogP contribution in [0.15, 0.2) is 18.2 Å². The van der Waals surface area contributed by atoms with E-state index in [2.05, 4.69) is 21.7 Å². The fraction of sp³-hybridized carbons (Fsp3) is 0.385.